The summed E-state index contributed by atoms with van der Waals surface area (Å²) in [5, 5.41) is 3.06. The predicted molar refractivity (Wildman–Crippen MR) is 71.3 cm³/mol. The van der Waals surface area contributed by atoms with Crippen molar-refractivity contribution in [3.05, 3.63) is 13.6 Å². The molecule has 0 saturated carbocycles. The third-order valence-electron chi connectivity index (χ3n) is 2.56. The number of hydrogen-bond acceptors (Lipinski definition) is 4. The molecule has 0 aliphatic carbocycles. The zero-order valence-corrected chi connectivity index (χ0v) is 13.2. The molecule has 1 saturated heterocycles. The highest BCUT2D eigenvalue weighted by molar-refractivity contribution is 9.12. The van der Waals surface area contributed by atoms with E-state index < -0.39 is 10.0 Å². The van der Waals surface area contributed by atoms with Crippen molar-refractivity contribution < 1.29 is 8.42 Å². The average Bonchev–Trinajstić information content (AvgIpc) is 2.42. The summed E-state index contributed by atoms with van der Waals surface area (Å²) < 4.78 is 27.4. The molecular weight excluding hydrogens is 380 g/mol. The summed E-state index contributed by atoms with van der Waals surface area (Å²) >= 11 is 7.93. The number of thiophene rings is 1. The summed E-state index contributed by atoms with van der Waals surface area (Å²) in [6.45, 7) is 1.44. The molecular formula is C8H10Br2N2O2S2. The van der Waals surface area contributed by atoms with Gasteiger partial charge in [0.25, 0.3) is 0 Å². The van der Waals surface area contributed by atoms with Gasteiger partial charge in [0.15, 0.2) is 0 Å². The van der Waals surface area contributed by atoms with E-state index in [0.717, 1.165) is 16.9 Å². The average molecular weight is 390 g/mol. The van der Waals surface area contributed by atoms with Crippen LogP contribution in [0.25, 0.3) is 0 Å². The normalized spacial score (nSPS) is 17.8. The van der Waals surface area contributed by atoms with Crippen molar-refractivity contribution in [1.29, 1.82) is 0 Å². The maximum Gasteiger partial charge on any atom is 0.245 e. The molecule has 16 heavy (non-hydrogen) atoms. The summed E-state index contributed by atoms with van der Waals surface area (Å²) in [7, 11) is -1.76. The standard InChI is InChI=1S/C8H10Br2N2O2S2/c1-12(5-3-11-4-5)16(13,14)6-2-7(9)15-8(6)10/h2,5,11H,3-4H2,1H3. The number of sulfonamides is 1. The van der Waals surface area contributed by atoms with Crippen molar-refractivity contribution >= 4 is 53.2 Å². The lowest BCUT2D eigenvalue weighted by Gasteiger charge is -2.34. The number of halogens is 2. The Labute approximate surface area is 115 Å². The van der Waals surface area contributed by atoms with Crippen LogP contribution < -0.4 is 5.32 Å². The molecule has 2 heterocycles. The van der Waals surface area contributed by atoms with Crippen LogP contribution in [-0.2, 0) is 10.0 Å². The molecule has 90 valence electrons. The molecule has 1 aliphatic heterocycles. The van der Waals surface area contributed by atoms with E-state index in [1.54, 1.807) is 13.1 Å². The molecule has 0 atom stereocenters. The van der Waals surface area contributed by atoms with Crippen LogP contribution in [0.2, 0.25) is 0 Å². The minimum atomic E-state index is -3.38. The smallest absolute Gasteiger partial charge is 0.245 e. The van der Waals surface area contributed by atoms with E-state index in [1.807, 2.05) is 0 Å². The van der Waals surface area contributed by atoms with Crippen LogP contribution in [0.5, 0.6) is 0 Å². The Kier molecular flexibility index (Phi) is 3.78. The highest BCUT2D eigenvalue weighted by Crippen LogP contribution is 2.36. The number of nitrogens with one attached hydrogen (secondary N) is 1. The second kappa shape index (κ2) is 4.66. The van der Waals surface area contributed by atoms with E-state index in [2.05, 4.69) is 37.2 Å². The number of nitrogens with zero attached hydrogens (tertiary/aromatic N) is 1. The number of hydrogen-bond donors (Lipinski definition) is 1. The zero-order valence-electron chi connectivity index (χ0n) is 8.41. The largest absolute Gasteiger partial charge is 0.313 e. The summed E-state index contributed by atoms with van der Waals surface area (Å²) in [5.74, 6) is 0. The van der Waals surface area contributed by atoms with Crippen molar-refractivity contribution in [3.8, 4) is 0 Å². The second-order valence-corrected chi connectivity index (χ2v) is 9.24. The van der Waals surface area contributed by atoms with Crippen LogP contribution in [0, 0.1) is 0 Å². The third-order valence-corrected chi connectivity index (χ3v) is 7.22. The van der Waals surface area contributed by atoms with Gasteiger partial charge in [-0.3, -0.25) is 0 Å². The van der Waals surface area contributed by atoms with Crippen molar-refractivity contribution in [2.45, 2.75) is 10.9 Å². The molecule has 2 rings (SSSR count). The molecule has 0 bridgehead atoms. The highest BCUT2D eigenvalue weighted by Gasteiger charge is 2.33. The molecule has 1 N–H and O–H groups in total. The van der Waals surface area contributed by atoms with Gasteiger partial charge in [-0.1, -0.05) is 0 Å². The molecule has 1 aliphatic rings. The van der Waals surface area contributed by atoms with Crippen LogP contribution in [0.1, 0.15) is 0 Å². The van der Waals surface area contributed by atoms with Gasteiger partial charge < -0.3 is 5.32 Å². The Morgan fingerprint density at radius 1 is 1.50 bits per heavy atom. The lowest BCUT2D eigenvalue weighted by molar-refractivity contribution is 0.274. The molecule has 0 spiro atoms. The summed E-state index contributed by atoms with van der Waals surface area (Å²) in [6.07, 6.45) is 0. The van der Waals surface area contributed by atoms with Gasteiger partial charge in [-0.2, -0.15) is 4.31 Å². The van der Waals surface area contributed by atoms with Gasteiger partial charge in [0.1, 0.15) is 4.90 Å². The summed E-state index contributed by atoms with van der Waals surface area (Å²) in [4.78, 5) is 0.332. The maximum absolute atomic E-state index is 12.3. The van der Waals surface area contributed by atoms with Crippen LogP contribution in [0.4, 0.5) is 0 Å². The second-order valence-electron chi connectivity index (χ2n) is 3.52. The minimum absolute atomic E-state index is 0.0653. The molecule has 1 fully saturated rings. The van der Waals surface area contributed by atoms with Crippen LogP contribution in [0.15, 0.2) is 18.5 Å². The first kappa shape index (κ1) is 13.0. The predicted octanol–water partition coefficient (Wildman–Crippen LogP) is 1.87. The number of rotatable bonds is 3. The van der Waals surface area contributed by atoms with Crippen molar-refractivity contribution in [1.82, 2.24) is 9.62 Å². The van der Waals surface area contributed by atoms with Crippen molar-refractivity contribution in [2.24, 2.45) is 0 Å². The van der Waals surface area contributed by atoms with Gasteiger partial charge in [0.2, 0.25) is 10.0 Å². The van der Waals surface area contributed by atoms with Gasteiger partial charge in [0, 0.05) is 26.2 Å². The van der Waals surface area contributed by atoms with Crippen LogP contribution in [0.3, 0.4) is 0 Å². The fraction of sp³-hybridized carbons (Fsp3) is 0.500. The van der Waals surface area contributed by atoms with E-state index in [4.69, 9.17) is 0 Å². The van der Waals surface area contributed by atoms with Gasteiger partial charge in [-0.05, 0) is 37.9 Å². The quantitative estimate of drug-likeness (QED) is 0.858. The summed E-state index contributed by atoms with van der Waals surface area (Å²) in [6, 6.07) is 1.70. The summed E-state index contributed by atoms with van der Waals surface area (Å²) in [5.41, 5.74) is 0. The van der Waals surface area contributed by atoms with E-state index in [1.165, 1.54) is 15.6 Å². The van der Waals surface area contributed by atoms with E-state index in [9.17, 15) is 8.42 Å². The number of likely N-dealkylation sites (N-methyl/N-ethyl adjacent to an activating group) is 1. The van der Waals surface area contributed by atoms with E-state index in [0.29, 0.717) is 8.68 Å². The Balaban J connectivity index is 2.34. The molecule has 0 aromatic carbocycles. The molecule has 0 radical (unpaired) electrons. The van der Waals surface area contributed by atoms with E-state index >= 15 is 0 Å². The third kappa shape index (κ3) is 2.23. The highest BCUT2D eigenvalue weighted by atomic mass is 79.9. The Morgan fingerprint density at radius 2 is 2.12 bits per heavy atom. The van der Waals surface area contributed by atoms with Crippen LogP contribution in [-0.4, -0.2) is 38.9 Å². The van der Waals surface area contributed by atoms with Crippen molar-refractivity contribution in [2.75, 3.05) is 20.1 Å². The molecule has 0 unspecified atom stereocenters. The van der Waals surface area contributed by atoms with Crippen LogP contribution >= 0.6 is 43.2 Å². The minimum Gasteiger partial charge on any atom is -0.313 e. The van der Waals surface area contributed by atoms with Gasteiger partial charge >= 0.3 is 0 Å². The van der Waals surface area contributed by atoms with Crippen molar-refractivity contribution in [3.63, 3.8) is 0 Å². The van der Waals surface area contributed by atoms with Gasteiger partial charge in [-0.15, -0.1) is 11.3 Å². The zero-order chi connectivity index (χ0) is 11.9. The molecule has 0 amide bonds. The fourth-order valence-corrected chi connectivity index (χ4v) is 6.50. The van der Waals surface area contributed by atoms with Gasteiger partial charge in [0.05, 0.1) is 7.57 Å². The molecule has 1 aromatic heterocycles. The monoisotopic (exact) mass is 388 g/mol. The van der Waals surface area contributed by atoms with Gasteiger partial charge in [-0.25, -0.2) is 8.42 Å². The lowest BCUT2D eigenvalue weighted by atomic mass is 10.2. The first-order valence-corrected chi connectivity index (χ1v) is 8.41. The fourth-order valence-electron chi connectivity index (χ4n) is 1.38. The Bertz CT molecular complexity index is 496. The first-order valence-electron chi connectivity index (χ1n) is 4.56. The topological polar surface area (TPSA) is 49.4 Å². The first-order chi connectivity index (χ1) is 7.43. The molecule has 4 nitrogen and oxygen atoms in total. The Hall–Kier alpha value is 0.530. The SMILES string of the molecule is CN(C1CNC1)S(=O)(=O)c1cc(Br)sc1Br. The molecule has 1 aromatic rings. The Morgan fingerprint density at radius 3 is 2.50 bits per heavy atom. The lowest BCUT2D eigenvalue weighted by Crippen LogP contribution is -2.57. The molecule has 8 heteroatoms. The van der Waals surface area contributed by atoms with E-state index in [-0.39, 0.29) is 6.04 Å². The maximum atomic E-state index is 12.3.